The second-order valence-corrected chi connectivity index (χ2v) is 3.68. The Bertz CT molecular complexity index is 228. The van der Waals surface area contributed by atoms with E-state index in [1.54, 1.807) is 0 Å². The van der Waals surface area contributed by atoms with Crippen molar-refractivity contribution in [1.29, 1.82) is 0 Å². The predicted molar refractivity (Wildman–Crippen MR) is 55.7 cm³/mol. The van der Waals surface area contributed by atoms with E-state index in [-0.39, 0.29) is 6.10 Å². The van der Waals surface area contributed by atoms with Gasteiger partial charge in [0.2, 0.25) is 0 Å². The first-order chi connectivity index (χ1) is 6.18. The normalized spacial score (nSPS) is 12.9. The second-order valence-electron chi connectivity index (χ2n) is 3.68. The highest BCUT2D eigenvalue weighted by Gasteiger charge is 2.05. The Morgan fingerprint density at radius 1 is 1.23 bits per heavy atom. The van der Waals surface area contributed by atoms with E-state index in [1.165, 1.54) is 0 Å². The van der Waals surface area contributed by atoms with E-state index in [4.69, 9.17) is 4.74 Å². The quantitative estimate of drug-likeness (QED) is 0.685. The van der Waals surface area contributed by atoms with Crippen molar-refractivity contribution >= 4 is 0 Å². The fraction of sp³-hybridized carbons (Fsp3) is 0.417. The van der Waals surface area contributed by atoms with Crippen LogP contribution in [-0.2, 0) is 0 Å². The van der Waals surface area contributed by atoms with Crippen molar-refractivity contribution in [2.24, 2.45) is 5.92 Å². The van der Waals surface area contributed by atoms with Gasteiger partial charge in [-0.3, -0.25) is 0 Å². The lowest BCUT2D eigenvalue weighted by atomic mass is 10.1. The van der Waals surface area contributed by atoms with Crippen LogP contribution in [0.25, 0.3) is 0 Å². The van der Waals surface area contributed by atoms with E-state index in [0.717, 1.165) is 12.2 Å². The maximum Gasteiger partial charge on any atom is 0.119 e. The summed E-state index contributed by atoms with van der Waals surface area (Å²) in [5.74, 6) is 1.54. The number of hydrogen-bond donors (Lipinski definition) is 0. The van der Waals surface area contributed by atoms with Gasteiger partial charge in [-0.2, -0.15) is 0 Å². The Balaban J connectivity index is 2.41. The number of hydrogen-bond acceptors (Lipinski definition) is 1. The summed E-state index contributed by atoms with van der Waals surface area (Å²) in [7, 11) is 0. The van der Waals surface area contributed by atoms with Gasteiger partial charge in [0.15, 0.2) is 0 Å². The molecule has 13 heavy (non-hydrogen) atoms. The van der Waals surface area contributed by atoms with Gasteiger partial charge in [0, 0.05) is 0 Å². The minimum Gasteiger partial charge on any atom is -0.490 e. The summed E-state index contributed by atoms with van der Waals surface area (Å²) in [5.41, 5.74) is 0. The van der Waals surface area contributed by atoms with Crippen LogP contribution in [0.4, 0.5) is 0 Å². The molecule has 0 spiro atoms. The minimum absolute atomic E-state index is 0.0578. The molecule has 1 aromatic carbocycles. The number of benzene rings is 1. The molecule has 1 rings (SSSR count). The third-order valence-electron chi connectivity index (χ3n) is 1.78. The van der Waals surface area contributed by atoms with Crippen molar-refractivity contribution in [2.75, 3.05) is 0 Å². The summed E-state index contributed by atoms with van der Waals surface area (Å²) < 4.78 is 5.61. The molecule has 71 valence electrons. The molecule has 0 saturated heterocycles. The molecule has 0 amide bonds. The molecule has 0 aliphatic carbocycles. The summed E-state index contributed by atoms with van der Waals surface area (Å²) in [6.45, 7) is 8.30. The zero-order valence-electron chi connectivity index (χ0n) is 8.36. The highest BCUT2D eigenvalue weighted by molar-refractivity contribution is 5.21. The van der Waals surface area contributed by atoms with Gasteiger partial charge >= 0.3 is 0 Å². The molecule has 0 fully saturated rings. The van der Waals surface area contributed by atoms with Crippen molar-refractivity contribution in [1.82, 2.24) is 0 Å². The molecule has 1 radical (unpaired) electrons. The average molecular weight is 177 g/mol. The molecular weight excluding hydrogens is 160 g/mol. The lowest BCUT2D eigenvalue weighted by Crippen LogP contribution is -2.14. The first-order valence-corrected chi connectivity index (χ1v) is 4.73. The van der Waals surface area contributed by atoms with E-state index in [1.807, 2.05) is 30.3 Å². The van der Waals surface area contributed by atoms with Crippen LogP contribution in [0, 0.1) is 12.8 Å². The van der Waals surface area contributed by atoms with Crippen LogP contribution < -0.4 is 4.74 Å². The summed E-state index contributed by atoms with van der Waals surface area (Å²) in [4.78, 5) is 0. The van der Waals surface area contributed by atoms with Crippen LogP contribution >= 0.6 is 0 Å². The smallest absolute Gasteiger partial charge is 0.119 e. The molecule has 0 saturated carbocycles. The van der Waals surface area contributed by atoms with Crippen LogP contribution in [0.2, 0.25) is 0 Å². The van der Waals surface area contributed by atoms with E-state index in [9.17, 15) is 0 Å². The van der Waals surface area contributed by atoms with Gasteiger partial charge in [0.25, 0.3) is 0 Å². The fourth-order valence-electron chi connectivity index (χ4n) is 1.27. The zero-order chi connectivity index (χ0) is 9.68. The predicted octanol–water partition coefficient (Wildman–Crippen LogP) is 3.31. The Labute approximate surface area is 80.7 Å². The molecule has 1 heteroatoms. The average Bonchev–Trinajstić information content (AvgIpc) is 2.04. The van der Waals surface area contributed by atoms with Gasteiger partial charge < -0.3 is 4.74 Å². The lowest BCUT2D eigenvalue weighted by Gasteiger charge is -2.16. The van der Waals surface area contributed by atoms with Crippen LogP contribution in [-0.4, -0.2) is 6.10 Å². The van der Waals surface area contributed by atoms with Gasteiger partial charge in [-0.25, -0.2) is 0 Å². The Morgan fingerprint density at radius 2 is 1.85 bits per heavy atom. The molecule has 1 unspecified atom stereocenters. The topological polar surface area (TPSA) is 9.23 Å². The van der Waals surface area contributed by atoms with Crippen molar-refractivity contribution in [2.45, 2.75) is 26.4 Å². The van der Waals surface area contributed by atoms with Gasteiger partial charge in [-0.1, -0.05) is 32.0 Å². The summed E-state index contributed by atoms with van der Waals surface area (Å²) in [5, 5.41) is 0. The Kier molecular flexibility index (Phi) is 3.81. The van der Waals surface area contributed by atoms with E-state index < -0.39 is 0 Å². The Hall–Kier alpha value is -0.980. The standard InChI is InChI=1S/C12H17O/c1-10(2)9-11(3)13-12-7-5-4-6-8-12/h4-8,10-11H,3,9H2,1-2H3. The Morgan fingerprint density at radius 3 is 2.38 bits per heavy atom. The van der Waals surface area contributed by atoms with Gasteiger partial charge in [-0.15, -0.1) is 0 Å². The number of para-hydroxylation sites is 1. The van der Waals surface area contributed by atoms with Crippen molar-refractivity contribution in [3.05, 3.63) is 37.3 Å². The molecule has 0 aliphatic rings. The molecular formula is C12H17O. The maximum absolute atomic E-state index is 5.61. The van der Waals surface area contributed by atoms with E-state index in [2.05, 4.69) is 20.8 Å². The molecule has 1 aromatic rings. The molecule has 0 bridgehead atoms. The highest BCUT2D eigenvalue weighted by atomic mass is 16.5. The van der Waals surface area contributed by atoms with Crippen LogP contribution in [0.5, 0.6) is 5.75 Å². The maximum atomic E-state index is 5.61. The van der Waals surface area contributed by atoms with Crippen molar-refractivity contribution in [3.8, 4) is 5.75 Å². The van der Waals surface area contributed by atoms with Gasteiger partial charge in [0.1, 0.15) is 5.75 Å². The van der Waals surface area contributed by atoms with E-state index >= 15 is 0 Å². The van der Waals surface area contributed by atoms with Crippen LogP contribution in [0.15, 0.2) is 30.3 Å². The lowest BCUT2D eigenvalue weighted by molar-refractivity contribution is 0.217. The largest absolute Gasteiger partial charge is 0.490 e. The highest BCUT2D eigenvalue weighted by Crippen LogP contribution is 2.14. The summed E-state index contributed by atoms with van der Waals surface area (Å²) in [6, 6.07) is 9.83. The molecule has 0 aromatic heterocycles. The molecule has 0 aliphatic heterocycles. The fourth-order valence-corrected chi connectivity index (χ4v) is 1.27. The van der Waals surface area contributed by atoms with E-state index in [0.29, 0.717) is 5.92 Å². The van der Waals surface area contributed by atoms with Crippen LogP contribution in [0.1, 0.15) is 20.3 Å². The zero-order valence-corrected chi connectivity index (χ0v) is 8.36. The first-order valence-electron chi connectivity index (χ1n) is 4.73. The first kappa shape index (κ1) is 10.1. The second kappa shape index (κ2) is 4.90. The summed E-state index contributed by atoms with van der Waals surface area (Å²) in [6.07, 6.45) is 1.05. The van der Waals surface area contributed by atoms with Crippen LogP contribution in [0.3, 0.4) is 0 Å². The van der Waals surface area contributed by atoms with Crippen molar-refractivity contribution < 1.29 is 4.74 Å². The molecule has 1 nitrogen and oxygen atoms in total. The molecule has 0 N–H and O–H groups in total. The third kappa shape index (κ3) is 3.97. The minimum atomic E-state index is 0.0578. The van der Waals surface area contributed by atoms with Gasteiger partial charge in [0.05, 0.1) is 6.10 Å². The third-order valence-corrected chi connectivity index (χ3v) is 1.78. The number of rotatable bonds is 4. The molecule has 1 atom stereocenters. The van der Waals surface area contributed by atoms with Gasteiger partial charge in [-0.05, 0) is 31.4 Å². The summed E-state index contributed by atoms with van der Waals surface area (Å²) >= 11 is 0. The van der Waals surface area contributed by atoms with Crippen molar-refractivity contribution in [3.63, 3.8) is 0 Å². The number of ether oxygens (including phenoxy) is 1. The monoisotopic (exact) mass is 177 g/mol. The molecule has 0 heterocycles. The SMILES string of the molecule is [CH2]C(CC(C)C)Oc1ccccc1.